The van der Waals surface area contributed by atoms with Crippen molar-refractivity contribution in [1.29, 1.82) is 0 Å². The Morgan fingerprint density at radius 3 is 2.26 bits per heavy atom. The van der Waals surface area contributed by atoms with E-state index in [-0.39, 0.29) is 11.3 Å². The van der Waals surface area contributed by atoms with Crippen LogP contribution in [-0.4, -0.2) is 11.1 Å². The summed E-state index contributed by atoms with van der Waals surface area (Å²) >= 11 is 11.9. The third-order valence-electron chi connectivity index (χ3n) is 4.15. The Morgan fingerprint density at radius 2 is 1.59 bits per heavy atom. The molecule has 0 aromatic heterocycles. The van der Waals surface area contributed by atoms with Crippen LogP contribution in [0.25, 0.3) is 0 Å². The van der Waals surface area contributed by atoms with Crippen molar-refractivity contribution in [2.45, 2.75) is 12.8 Å². The van der Waals surface area contributed by atoms with Gasteiger partial charge in [0.05, 0.1) is 21.3 Å². The minimum Gasteiger partial charge on any atom is -0.478 e. The fraction of sp³-hybridized carbons (Fsp3) is 0.0952. The van der Waals surface area contributed by atoms with Crippen LogP contribution in [0.1, 0.15) is 21.5 Å². The van der Waals surface area contributed by atoms with Gasteiger partial charge in [-0.15, -0.1) is 0 Å². The Bertz CT molecular complexity index is 974. The van der Waals surface area contributed by atoms with Gasteiger partial charge < -0.3 is 10.4 Å². The average molecular weight is 404 g/mol. The van der Waals surface area contributed by atoms with E-state index in [2.05, 4.69) is 5.32 Å². The van der Waals surface area contributed by atoms with Gasteiger partial charge in [0.25, 0.3) is 0 Å². The first-order valence-corrected chi connectivity index (χ1v) is 9.01. The van der Waals surface area contributed by atoms with Crippen molar-refractivity contribution < 1.29 is 14.3 Å². The van der Waals surface area contributed by atoms with E-state index in [9.17, 15) is 14.3 Å². The minimum absolute atomic E-state index is 0.0476. The summed E-state index contributed by atoms with van der Waals surface area (Å²) in [6.45, 7) is 0. The van der Waals surface area contributed by atoms with Gasteiger partial charge in [-0.2, -0.15) is 0 Å². The second kappa shape index (κ2) is 8.42. The van der Waals surface area contributed by atoms with Crippen LogP contribution in [0, 0.1) is 5.82 Å². The van der Waals surface area contributed by atoms with Gasteiger partial charge in [0.1, 0.15) is 5.82 Å². The molecule has 138 valence electrons. The number of benzene rings is 3. The lowest BCUT2D eigenvalue weighted by Gasteiger charge is -2.11. The molecule has 0 aliphatic heterocycles. The Labute approximate surface area is 166 Å². The average Bonchev–Trinajstić information content (AvgIpc) is 2.65. The van der Waals surface area contributed by atoms with Crippen molar-refractivity contribution in [1.82, 2.24) is 0 Å². The fourth-order valence-electron chi connectivity index (χ4n) is 2.71. The smallest absolute Gasteiger partial charge is 0.337 e. The lowest BCUT2D eigenvalue weighted by molar-refractivity contribution is 0.0697. The van der Waals surface area contributed by atoms with Crippen molar-refractivity contribution in [2.75, 3.05) is 5.32 Å². The standard InChI is InChI=1S/C21H16Cl2FNO2/c22-17-11-8-14(12-18(17)23)5-4-13-6-9-15(10-7-13)25-20-16(21(26)27)2-1-3-19(20)24/h1-3,6-12,25H,4-5H2,(H,26,27). The second-order valence-corrected chi connectivity index (χ2v) is 6.85. The van der Waals surface area contributed by atoms with Crippen molar-refractivity contribution in [3.63, 3.8) is 0 Å². The molecular weight excluding hydrogens is 388 g/mol. The highest BCUT2D eigenvalue weighted by Gasteiger charge is 2.14. The molecule has 27 heavy (non-hydrogen) atoms. The summed E-state index contributed by atoms with van der Waals surface area (Å²) in [4.78, 5) is 11.3. The number of para-hydroxylation sites is 1. The van der Waals surface area contributed by atoms with Crippen molar-refractivity contribution in [3.05, 3.63) is 93.2 Å². The van der Waals surface area contributed by atoms with E-state index in [1.165, 1.54) is 18.2 Å². The molecule has 0 heterocycles. The molecule has 0 unspecified atom stereocenters. The zero-order chi connectivity index (χ0) is 19.4. The Kier molecular flexibility index (Phi) is 5.99. The van der Waals surface area contributed by atoms with Crippen LogP contribution in [-0.2, 0) is 12.8 Å². The highest BCUT2D eigenvalue weighted by molar-refractivity contribution is 6.42. The molecule has 0 bridgehead atoms. The number of anilines is 2. The summed E-state index contributed by atoms with van der Waals surface area (Å²) in [5.41, 5.74) is 2.64. The third-order valence-corrected chi connectivity index (χ3v) is 4.89. The maximum absolute atomic E-state index is 14.0. The second-order valence-electron chi connectivity index (χ2n) is 6.04. The summed E-state index contributed by atoms with van der Waals surface area (Å²) in [7, 11) is 0. The lowest BCUT2D eigenvalue weighted by atomic mass is 10.0. The van der Waals surface area contributed by atoms with E-state index in [1.807, 2.05) is 24.3 Å². The molecule has 6 heteroatoms. The van der Waals surface area contributed by atoms with Crippen LogP contribution in [0.2, 0.25) is 10.0 Å². The molecule has 3 rings (SSSR count). The number of nitrogens with one attached hydrogen (secondary N) is 1. The summed E-state index contributed by atoms with van der Waals surface area (Å²) in [6.07, 6.45) is 1.61. The fourth-order valence-corrected chi connectivity index (χ4v) is 3.03. The monoisotopic (exact) mass is 403 g/mol. The van der Waals surface area contributed by atoms with Crippen LogP contribution in [0.15, 0.2) is 60.7 Å². The molecule has 0 saturated carbocycles. The zero-order valence-electron chi connectivity index (χ0n) is 14.2. The summed E-state index contributed by atoms with van der Waals surface area (Å²) in [5.74, 6) is -1.80. The molecule has 0 aliphatic rings. The van der Waals surface area contributed by atoms with E-state index < -0.39 is 11.8 Å². The van der Waals surface area contributed by atoms with Crippen LogP contribution in [0.5, 0.6) is 0 Å². The van der Waals surface area contributed by atoms with E-state index in [1.54, 1.807) is 18.2 Å². The molecule has 0 aliphatic carbocycles. The number of carbonyl (C=O) groups is 1. The summed E-state index contributed by atoms with van der Waals surface area (Å²) < 4.78 is 14.0. The molecule has 3 aromatic rings. The molecule has 0 radical (unpaired) electrons. The number of hydrogen-bond donors (Lipinski definition) is 2. The summed E-state index contributed by atoms with van der Waals surface area (Å²) in [5, 5.41) is 13.1. The topological polar surface area (TPSA) is 49.3 Å². The van der Waals surface area contributed by atoms with Crippen LogP contribution >= 0.6 is 23.2 Å². The van der Waals surface area contributed by atoms with E-state index >= 15 is 0 Å². The highest BCUT2D eigenvalue weighted by atomic mass is 35.5. The van der Waals surface area contributed by atoms with E-state index in [0.29, 0.717) is 15.7 Å². The quantitative estimate of drug-likeness (QED) is 0.503. The Balaban J connectivity index is 1.69. The number of aromatic carboxylic acids is 1. The molecule has 0 amide bonds. The molecule has 0 saturated heterocycles. The number of carboxylic acid groups (broad SMARTS) is 1. The van der Waals surface area contributed by atoms with Gasteiger partial charge in [0, 0.05) is 5.69 Å². The maximum atomic E-state index is 14.0. The van der Waals surface area contributed by atoms with Gasteiger partial charge >= 0.3 is 5.97 Å². The van der Waals surface area contributed by atoms with Gasteiger partial charge in [-0.3, -0.25) is 0 Å². The van der Waals surface area contributed by atoms with Crippen molar-refractivity contribution in [3.8, 4) is 0 Å². The van der Waals surface area contributed by atoms with Gasteiger partial charge in [-0.25, -0.2) is 9.18 Å². The third kappa shape index (κ3) is 4.79. The van der Waals surface area contributed by atoms with Crippen molar-refractivity contribution in [2.24, 2.45) is 0 Å². The largest absolute Gasteiger partial charge is 0.478 e. The first kappa shape index (κ1) is 19.2. The highest BCUT2D eigenvalue weighted by Crippen LogP contribution is 2.26. The number of aryl methyl sites for hydroxylation is 2. The predicted octanol–water partition coefficient (Wildman–Crippen LogP) is 6.36. The first-order chi connectivity index (χ1) is 12.9. The molecule has 0 spiro atoms. The van der Waals surface area contributed by atoms with Gasteiger partial charge in [-0.1, -0.05) is 47.5 Å². The molecule has 2 N–H and O–H groups in total. The van der Waals surface area contributed by atoms with Gasteiger partial charge in [-0.05, 0) is 60.4 Å². The molecule has 3 nitrogen and oxygen atoms in total. The van der Waals surface area contributed by atoms with Crippen LogP contribution in [0.3, 0.4) is 0 Å². The van der Waals surface area contributed by atoms with E-state index in [0.717, 1.165) is 24.0 Å². The Morgan fingerprint density at radius 1 is 0.926 bits per heavy atom. The minimum atomic E-state index is -1.18. The zero-order valence-corrected chi connectivity index (χ0v) is 15.7. The van der Waals surface area contributed by atoms with Gasteiger partial charge in [0.2, 0.25) is 0 Å². The number of carboxylic acids is 1. The molecule has 0 fully saturated rings. The van der Waals surface area contributed by atoms with Crippen LogP contribution < -0.4 is 5.32 Å². The number of halogens is 3. The maximum Gasteiger partial charge on any atom is 0.337 e. The SMILES string of the molecule is O=C(O)c1cccc(F)c1Nc1ccc(CCc2ccc(Cl)c(Cl)c2)cc1. The molecular formula is C21H16Cl2FNO2. The lowest BCUT2D eigenvalue weighted by Crippen LogP contribution is -2.05. The predicted molar refractivity (Wildman–Crippen MR) is 107 cm³/mol. The molecule has 3 aromatic carbocycles. The summed E-state index contributed by atoms with van der Waals surface area (Å²) in [6, 6.07) is 16.9. The van der Waals surface area contributed by atoms with Gasteiger partial charge in [0.15, 0.2) is 0 Å². The van der Waals surface area contributed by atoms with Crippen molar-refractivity contribution >= 4 is 40.5 Å². The molecule has 0 atom stereocenters. The number of rotatable bonds is 6. The van der Waals surface area contributed by atoms with Crippen LogP contribution in [0.4, 0.5) is 15.8 Å². The Hall–Kier alpha value is -2.56. The first-order valence-electron chi connectivity index (χ1n) is 8.26. The number of hydrogen-bond acceptors (Lipinski definition) is 2. The van der Waals surface area contributed by atoms with E-state index in [4.69, 9.17) is 23.2 Å². The normalized spacial score (nSPS) is 10.6.